The van der Waals surface area contributed by atoms with Crippen LogP contribution in [0, 0.1) is 5.82 Å². The van der Waals surface area contributed by atoms with Crippen molar-refractivity contribution < 1.29 is 8.81 Å². The van der Waals surface area contributed by atoms with Crippen molar-refractivity contribution in [1.82, 2.24) is 5.32 Å². The molecule has 3 rings (SSSR count). The first-order valence-electron chi connectivity index (χ1n) is 8.50. The van der Waals surface area contributed by atoms with Gasteiger partial charge in [-0.15, -0.1) is 0 Å². The van der Waals surface area contributed by atoms with Gasteiger partial charge in [0, 0.05) is 11.6 Å². The molecule has 1 aromatic carbocycles. The predicted molar refractivity (Wildman–Crippen MR) is 92.1 cm³/mol. The molecule has 1 fully saturated rings. The molecular formula is C19H23ClFNO. The molecule has 0 unspecified atom stereocenters. The molecule has 23 heavy (non-hydrogen) atoms. The molecule has 0 atom stereocenters. The molecule has 1 saturated carbocycles. The summed E-state index contributed by atoms with van der Waals surface area (Å²) in [6.07, 6.45) is 9.23. The van der Waals surface area contributed by atoms with Gasteiger partial charge in [-0.2, -0.15) is 0 Å². The fraction of sp³-hybridized carbons (Fsp3) is 0.474. The minimum absolute atomic E-state index is 0.119. The second-order valence-corrected chi connectivity index (χ2v) is 6.72. The number of hydrogen-bond acceptors (Lipinski definition) is 2. The lowest BCUT2D eigenvalue weighted by Crippen LogP contribution is -2.29. The van der Waals surface area contributed by atoms with Crippen molar-refractivity contribution >= 4 is 11.6 Å². The minimum Gasteiger partial charge on any atom is -0.460 e. The molecule has 0 saturated heterocycles. The van der Waals surface area contributed by atoms with E-state index < -0.39 is 5.82 Å². The molecule has 2 aromatic rings. The van der Waals surface area contributed by atoms with Gasteiger partial charge in [-0.1, -0.05) is 43.7 Å². The Labute approximate surface area is 142 Å². The predicted octanol–water partition coefficient (Wildman–Crippen LogP) is 5.94. The molecule has 0 bridgehead atoms. The fourth-order valence-corrected chi connectivity index (χ4v) is 3.36. The van der Waals surface area contributed by atoms with Crippen LogP contribution in [0.15, 0.2) is 34.7 Å². The van der Waals surface area contributed by atoms with Gasteiger partial charge in [0.05, 0.1) is 11.6 Å². The molecule has 2 nitrogen and oxygen atoms in total. The second-order valence-electron chi connectivity index (χ2n) is 6.32. The average molecular weight is 336 g/mol. The van der Waals surface area contributed by atoms with E-state index in [1.165, 1.54) is 51.0 Å². The summed E-state index contributed by atoms with van der Waals surface area (Å²) in [5.74, 6) is 1.22. The molecule has 0 amide bonds. The fourth-order valence-electron chi connectivity index (χ4n) is 3.18. The lowest BCUT2D eigenvalue weighted by Gasteiger charge is -2.20. The molecule has 1 aromatic heterocycles. The molecule has 1 heterocycles. The van der Waals surface area contributed by atoms with E-state index in [9.17, 15) is 4.39 Å². The van der Waals surface area contributed by atoms with E-state index in [1.807, 2.05) is 12.1 Å². The van der Waals surface area contributed by atoms with Crippen LogP contribution in [0.1, 0.15) is 50.7 Å². The molecule has 1 aliphatic rings. The smallest absolute Gasteiger partial charge is 0.141 e. The summed E-state index contributed by atoms with van der Waals surface area (Å²) in [7, 11) is 0. The number of furan rings is 1. The molecule has 4 heteroatoms. The van der Waals surface area contributed by atoms with Gasteiger partial charge in [0.2, 0.25) is 0 Å². The highest BCUT2D eigenvalue weighted by molar-refractivity contribution is 6.31. The third kappa shape index (κ3) is 4.58. The van der Waals surface area contributed by atoms with Gasteiger partial charge in [-0.25, -0.2) is 4.39 Å². The zero-order valence-electron chi connectivity index (χ0n) is 13.3. The number of nitrogens with one attached hydrogen (secondary N) is 1. The minimum atomic E-state index is -0.409. The van der Waals surface area contributed by atoms with E-state index >= 15 is 0 Å². The number of halogens is 2. The van der Waals surface area contributed by atoms with Crippen molar-refractivity contribution in [3.63, 3.8) is 0 Å². The van der Waals surface area contributed by atoms with Crippen LogP contribution in [0.25, 0.3) is 11.3 Å². The van der Waals surface area contributed by atoms with Crippen LogP contribution in [-0.4, -0.2) is 6.04 Å². The van der Waals surface area contributed by atoms with Gasteiger partial charge in [-0.3, -0.25) is 0 Å². The first-order valence-corrected chi connectivity index (χ1v) is 8.88. The molecule has 1 N–H and O–H groups in total. The summed E-state index contributed by atoms with van der Waals surface area (Å²) < 4.78 is 19.1. The first kappa shape index (κ1) is 16.5. The van der Waals surface area contributed by atoms with Crippen molar-refractivity contribution in [3.05, 3.63) is 46.9 Å². The lowest BCUT2D eigenvalue weighted by atomic mass is 9.97. The highest BCUT2D eigenvalue weighted by Gasteiger charge is 2.12. The van der Waals surface area contributed by atoms with Crippen molar-refractivity contribution in [2.45, 2.75) is 57.5 Å². The van der Waals surface area contributed by atoms with Crippen molar-refractivity contribution in [2.75, 3.05) is 0 Å². The average Bonchev–Trinajstić information content (AvgIpc) is 2.98. The summed E-state index contributed by atoms with van der Waals surface area (Å²) >= 11 is 5.83. The van der Waals surface area contributed by atoms with E-state index in [-0.39, 0.29) is 5.02 Å². The van der Waals surface area contributed by atoms with Gasteiger partial charge in [0.25, 0.3) is 0 Å². The quantitative estimate of drug-likeness (QED) is 0.747. The van der Waals surface area contributed by atoms with E-state index in [1.54, 1.807) is 12.1 Å². The van der Waals surface area contributed by atoms with Crippen LogP contribution in [-0.2, 0) is 6.54 Å². The maximum Gasteiger partial charge on any atom is 0.141 e. The van der Waals surface area contributed by atoms with Crippen LogP contribution < -0.4 is 5.32 Å². The number of benzene rings is 1. The largest absolute Gasteiger partial charge is 0.460 e. The van der Waals surface area contributed by atoms with Gasteiger partial charge in [0.15, 0.2) is 0 Å². The number of hydrogen-bond donors (Lipinski definition) is 1. The summed E-state index contributed by atoms with van der Waals surface area (Å²) in [6.45, 7) is 0.736. The Hall–Kier alpha value is -1.32. The molecule has 1 aliphatic carbocycles. The Morgan fingerprint density at radius 2 is 1.78 bits per heavy atom. The topological polar surface area (TPSA) is 25.2 Å². The Kier molecular flexibility index (Phi) is 5.74. The molecule has 124 valence electrons. The van der Waals surface area contributed by atoms with Gasteiger partial charge >= 0.3 is 0 Å². The Morgan fingerprint density at radius 1 is 1.04 bits per heavy atom. The SMILES string of the molecule is Fc1ccc(-c2ccc(CNC3CCCCCCC3)o2)cc1Cl. The Balaban J connectivity index is 1.59. The first-order chi connectivity index (χ1) is 11.2. The zero-order chi connectivity index (χ0) is 16.1. The van der Waals surface area contributed by atoms with E-state index in [4.69, 9.17) is 16.0 Å². The molecule has 0 spiro atoms. The summed E-state index contributed by atoms with van der Waals surface area (Å²) in [4.78, 5) is 0. The monoisotopic (exact) mass is 335 g/mol. The van der Waals surface area contributed by atoms with Crippen molar-refractivity contribution in [2.24, 2.45) is 0 Å². The van der Waals surface area contributed by atoms with Crippen LogP contribution in [0.5, 0.6) is 0 Å². The molecular weight excluding hydrogens is 313 g/mol. The third-order valence-corrected chi connectivity index (χ3v) is 4.83. The van der Waals surface area contributed by atoms with Gasteiger partial charge in [-0.05, 0) is 43.2 Å². The maximum absolute atomic E-state index is 13.2. The highest BCUT2D eigenvalue weighted by atomic mass is 35.5. The summed E-state index contributed by atoms with van der Waals surface area (Å²) in [5, 5.41) is 3.73. The summed E-state index contributed by atoms with van der Waals surface area (Å²) in [6, 6.07) is 9.13. The van der Waals surface area contributed by atoms with Gasteiger partial charge < -0.3 is 9.73 Å². The Bertz CT molecular complexity index is 632. The highest BCUT2D eigenvalue weighted by Crippen LogP contribution is 2.26. The van der Waals surface area contributed by atoms with Gasteiger partial charge in [0.1, 0.15) is 17.3 Å². The van der Waals surface area contributed by atoms with Crippen LogP contribution in [0.4, 0.5) is 4.39 Å². The number of rotatable bonds is 4. The summed E-state index contributed by atoms with van der Waals surface area (Å²) in [5.41, 5.74) is 0.800. The van der Waals surface area contributed by atoms with E-state index in [0.29, 0.717) is 6.04 Å². The lowest BCUT2D eigenvalue weighted by molar-refractivity contribution is 0.372. The standard InChI is InChI=1S/C19H23ClFNO/c20-17-12-14(8-10-18(17)21)19-11-9-16(23-19)13-22-15-6-4-2-1-3-5-7-15/h8-12,15,22H,1-7,13H2. The Morgan fingerprint density at radius 3 is 2.52 bits per heavy atom. The zero-order valence-corrected chi connectivity index (χ0v) is 14.0. The van der Waals surface area contributed by atoms with Crippen molar-refractivity contribution in [1.29, 1.82) is 0 Å². The van der Waals surface area contributed by atoms with E-state index in [2.05, 4.69) is 5.32 Å². The molecule has 0 aliphatic heterocycles. The molecule has 0 radical (unpaired) electrons. The maximum atomic E-state index is 13.2. The second kappa shape index (κ2) is 7.98. The van der Waals surface area contributed by atoms with Crippen LogP contribution in [0.2, 0.25) is 5.02 Å². The van der Waals surface area contributed by atoms with Crippen molar-refractivity contribution in [3.8, 4) is 11.3 Å². The van der Waals surface area contributed by atoms with E-state index in [0.717, 1.165) is 23.6 Å². The van der Waals surface area contributed by atoms with Crippen LogP contribution >= 0.6 is 11.6 Å². The third-order valence-electron chi connectivity index (χ3n) is 4.54. The normalized spacial score (nSPS) is 17.0. The van der Waals surface area contributed by atoms with Crippen LogP contribution in [0.3, 0.4) is 0 Å².